The first-order valence-electron chi connectivity index (χ1n) is 16.9. The molecule has 1 aliphatic rings. The molecular formula is C40H39F5N4O. The van der Waals surface area contributed by atoms with Crippen LogP contribution in [0, 0.1) is 17.0 Å². The predicted octanol–water partition coefficient (Wildman–Crippen LogP) is 8.38. The van der Waals surface area contributed by atoms with Gasteiger partial charge in [-0.05, 0) is 84.8 Å². The number of hydrogen-bond donors (Lipinski definition) is 1. The molecule has 0 unspecified atom stereocenters. The first-order chi connectivity index (χ1) is 24.0. The number of carbonyl (C=O) groups excluding carboxylic acids is 1. The number of halogens is 5. The second kappa shape index (κ2) is 15.0. The van der Waals surface area contributed by atoms with Crippen LogP contribution in [0.25, 0.3) is 22.0 Å². The molecule has 10 heteroatoms. The number of fused-ring (bicyclic) bond motifs is 1. The lowest BCUT2D eigenvalue weighted by Gasteiger charge is -2.38. The van der Waals surface area contributed by atoms with Gasteiger partial charge < -0.3 is 19.8 Å². The molecule has 5 nitrogen and oxygen atoms in total. The fraction of sp³-hybridized carbons (Fsp3) is 0.300. The van der Waals surface area contributed by atoms with Gasteiger partial charge in [0, 0.05) is 36.8 Å². The summed E-state index contributed by atoms with van der Waals surface area (Å²) in [5.41, 5.74) is 3.24. The molecule has 0 radical (unpaired) electrons. The van der Waals surface area contributed by atoms with E-state index in [0.717, 1.165) is 61.8 Å². The van der Waals surface area contributed by atoms with Gasteiger partial charge in [-0.2, -0.15) is 13.2 Å². The summed E-state index contributed by atoms with van der Waals surface area (Å²) in [4.78, 5) is 18.7. The second-order valence-electron chi connectivity index (χ2n) is 12.8. The highest BCUT2D eigenvalue weighted by atomic mass is 19.4. The summed E-state index contributed by atoms with van der Waals surface area (Å²) in [6.07, 6.45) is -2.29. The Labute approximate surface area is 288 Å². The first kappa shape index (κ1) is 35.0. The molecule has 0 saturated carbocycles. The van der Waals surface area contributed by atoms with Crippen LogP contribution < -0.4 is 5.36 Å². The Bertz CT molecular complexity index is 2010. The van der Waals surface area contributed by atoms with Crippen molar-refractivity contribution in [1.29, 1.82) is 5.41 Å². The van der Waals surface area contributed by atoms with Gasteiger partial charge in [0.15, 0.2) is 11.6 Å². The Balaban J connectivity index is 1.29. The smallest absolute Gasteiger partial charge is 0.335 e. The highest BCUT2D eigenvalue weighted by Gasteiger charge is 2.30. The minimum Gasteiger partial charge on any atom is -0.335 e. The average Bonchev–Trinajstić information content (AvgIpc) is 3.12. The molecular weight excluding hydrogens is 647 g/mol. The highest BCUT2D eigenvalue weighted by Crippen LogP contribution is 2.31. The quantitative estimate of drug-likeness (QED) is 0.150. The van der Waals surface area contributed by atoms with Gasteiger partial charge in [0.05, 0.1) is 16.4 Å². The van der Waals surface area contributed by atoms with E-state index in [0.29, 0.717) is 35.1 Å². The van der Waals surface area contributed by atoms with Gasteiger partial charge in [-0.1, -0.05) is 73.7 Å². The molecule has 4 aromatic carbocycles. The number of para-hydroxylation sites is 1. The maximum atomic E-state index is 14.6. The molecule has 1 fully saturated rings. The largest absolute Gasteiger partial charge is 0.416 e. The Morgan fingerprint density at radius 3 is 2.18 bits per heavy atom. The number of amides is 1. The lowest BCUT2D eigenvalue weighted by molar-refractivity contribution is -0.137. The normalized spacial score (nSPS) is 14.3. The van der Waals surface area contributed by atoms with E-state index < -0.39 is 23.4 Å². The number of nitrogens with one attached hydrogen (secondary N) is 1. The third-order valence-corrected chi connectivity index (χ3v) is 9.74. The van der Waals surface area contributed by atoms with Crippen LogP contribution in [0.3, 0.4) is 0 Å². The summed E-state index contributed by atoms with van der Waals surface area (Å²) < 4.78 is 69.7. The van der Waals surface area contributed by atoms with Gasteiger partial charge in [0.2, 0.25) is 5.91 Å². The monoisotopic (exact) mass is 686 g/mol. The van der Waals surface area contributed by atoms with Crippen molar-refractivity contribution in [3.05, 3.63) is 136 Å². The molecule has 0 spiro atoms. The molecule has 5 aromatic rings. The number of benzene rings is 4. The summed E-state index contributed by atoms with van der Waals surface area (Å²) in [5, 5.41) is 9.66. The molecule has 6 rings (SSSR count). The van der Waals surface area contributed by atoms with Gasteiger partial charge in [-0.3, -0.25) is 4.79 Å². The van der Waals surface area contributed by atoms with Crippen molar-refractivity contribution in [2.24, 2.45) is 0 Å². The van der Waals surface area contributed by atoms with Gasteiger partial charge in [0.1, 0.15) is 6.54 Å². The number of rotatable bonds is 10. The summed E-state index contributed by atoms with van der Waals surface area (Å²) in [6, 6.07) is 25.8. The molecule has 1 amide bonds. The maximum Gasteiger partial charge on any atom is 0.416 e. The van der Waals surface area contributed by atoms with Crippen molar-refractivity contribution < 1.29 is 26.7 Å². The van der Waals surface area contributed by atoms with Crippen LogP contribution >= 0.6 is 0 Å². The molecule has 0 atom stereocenters. The number of piperidine rings is 1. The number of carbonyl (C=O) groups is 1. The van der Waals surface area contributed by atoms with Crippen molar-refractivity contribution in [2.45, 2.75) is 57.9 Å². The zero-order valence-corrected chi connectivity index (χ0v) is 27.8. The maximum absolute atomic E-state index is 14.6. The summed E-state index contributed by atoms with van der Waals surface area (Å²) >= 11 is 0. The van der Waals surface area contributed by atoms with Crippen LogP contribution in [0.4, 0.5) is 22.0 Å². The Morgan fingerprint density at radius 2 is 1.52 bits per heavy atom. The van der Waals surface area contributed by atoms with E-state index in [9.17, 15) is 26.7 Å². The molecule has 0 aliphatic carbocycles. The van der Waals surface area contributed by atoms with Crippen molar-refractivity contribution >= 4 is 16.8 Å². The number of alkyl halides is 3. The van der Waals surface area contributed by atoms with Crippen LogP contribution in [0.5, 0.6) is 0 Å². The Morgan fingerprint density at radius 1 is 0.860 bits per heavy atom. The van der Waals surface area contributed by atoms with Crippen LogP contribution in [0.2, 0.25) is 0 Å². The molecule has 50 heavy (non-hydrogen) atoms. The van der Waals surface area contributed by atoms with Crippen LogP contribution in [0.15, 0.2) is 97.1 Å². The van der Waals surface area contributed by atoms with Crippen LogP contribution in [0.1, 0.15) is 42.1 Å². The third kappa shape index (κ3) is 7.81. The molecule has 1 aliphatic heterocycles. The number of hydrogen-bond acceptors (Lipinski definition) is 3. The SMILES string of the molecule is CCN1CCC(N(Cc2ccc(-c3ccc(C(F)(F)F)cc3)cc2)C(=O)Cn2c(CCc3cccc(F)c3F)cc(=N)c3ccccc32)CC1. The Hall–Kier alpha value is -4.83. The minimum absolute atomic E-state index is 0.000606. The molecule has 260 valence electrons. The van der Waals surface area contributed by atoms with Gasteiger partial charge in [0.25, 0.3) is 0 Å². The summed E-state index contributed by atoms with van der Waals surface area (Å²) in [6.45, 7) is 5.14. The zero-order valence-electron chi connectivity index (χ0n) is 27.8. The minimum atomic E-state index is -4.40. The molecule has 2 heterocycles. The molecule has 1 N–H and O–H groups in total. The van der Waals surface area contributed by atoms with E-state index in [4.69, 9.17) is 5.41 Å². The molecule has 1 saturated heterocycles. The van der Waals surface area contributed by atoms with E-state index in [-0.39, 0.29) is 35.8 Å². The number of aromatic nitrogens is 1. The van der Waals surface area contributed by atoms with Gasteiger partial charge >= 0.3 is 6.18 Å². The fourth-order valence-electron chi connectivity index (χ4n) is 6.86. The van der Waals surface area contributed by atoms with E-state index in [1.54, 1.807) is 12.1 Å². The summed E-state index contributed by atoms with van der Waals surface area (Å²) in [7, 11) is 0. The molecule has 1 aromatic heterocycles. The topological polar surface area (TPSA) is 52.3 Å². The summed E-state index contributed by atoms with van der Waals surface area (Å²) in [5.74, 6) is -1.91. The van der Waals surface area contributed by atoms with E-state index in [2.05, 4.69) is 11.8 Å². The predicted molar refractivity (Wildman–Crippen MR) is 184 cm³/mol. The van der Waals surface area contributed by atoms with Crippen LogP contribution in [-0.4, -0.2) is 46.0 Å². The van der Waals surface area contributed by atoms with E-state index in [1.807, 2.05) is 58.0 Å². The highest BCUT2D eigenvalue weighted by molar-refractivity contribution is 5.83. The van der Waals surface area contributed by atoms with Crippen molar-refractivity contribution in [1.82, 2.24) is 14.4 Å². The van der Waals surface area contributed by atoms with Crippen molar-refractivity contribution in [2.75, 3.05) is 19.6 Å². The van der Waals surface area contributed by atoms with E-state index in [1.165, 1.54) is 18.2 Å². The molecule has 0 bridgehead atoms. The van der Waals surface area contributed by atoms with Gasteiger partial charge in [-0.25, -0.2) is 8.78 Å². The van der Waals surface area contributed by atoms with Crippen LogP contribution in [-0.2, 0) is 36.9 Å². The lowest BCUT2D eigenvalue weighted by Crippen LogP contribution is -2.48. The number of aryl methyl sites for hydroxylation is 2. The third-order valence-electron chi connectivity index (χ3n) is 9.74. The van der Waals surface area contributed by atoms with Crippen molar-refractivity contribution in [3.63, 3.8) is 0 Å². The average molecular weight is 687 g/mol. The standard InChI is InChI=1S/C40H39F5N4O/c1-2-47-22-20-32(21-23-47)49(25-27-10-12-28(13-11-27)29-14-17-31(18-15-29)40(43,44)45)38(50)26-48-33(19-16-30-6-5-8-35(41)39(30)42)24-36(46)34-7-3-4-9-37(34)48/h3-15,17-18,24,32,46H,2,16,19-23,25-26H2,1H3. The number of pyridine rings is 1. The zero-order chi connectivity index (χ0) is 35.4. The second-order valence-corrected chi connectivity index (χ2v) is 12.8. The lowest BCUT2D eigenvalue weighted by atomic mass is 10.00. The van der Waals surface area contributed by atoms with E-state index >= 15 is 0 Å². The number of nitrogens with zero attached hydrogens (tertiary/aromatic N) is 3. The Kier molecular flexibility index (Phi) is 10.5. The first-order valence-corrected chi connectivity index (χ1v) is 16.9. The number of likely N-dealkylation sites (tertiary alicyclic amines) is 1. The van der Waals surface area contributed by atoms with Crippen molar-refractivity contribution in [3.8, 4) is 11.1 Å². The van der Waals surface area contributed by atoms with Gasteiger partial charge in [-0.15, -0.1) is 0 Å². The fourth-order valence-corrected chi connectivity index (χ4v) is 6.86.